The highest BCUT2D eigenvalue weighted by Crippen LogP contribution is 2.23. The first-order valence-corrected chi connectivity index (χ1v) is 6.27. The number of ether oxygens (including phenoxy) is 1. The average molecular weight is 358 g/mol. The van der Waals surface area contributed by atoms with E-state index in [-0.39, 0.29) is 5.56 Å². The van der Waals surface area contributed by atoms with Crippen molar-refractivity contribution in [2.75, 3.05) is 0 Å². The Morgan fingerprint density at radius 3 is 2.94 bits per heavy atom. The molecule has 0 aliphatic rings. The van der Waals surface area contributed by atoms with Gasteiger partial charge in [0.2, 0.25) is 0 Å². The van der Waals surface area contributed by atoms with Gasteiger partial charge in [-0.05, 0) is 40.8 Å². The van der Waals surface area contributed by atoms with Crippen LogP contribution in [0.25, 0.3) is 0 Å². The van der Waals surface area contributed by atoms with Gasteiger partial charge < -0.3 is 9.84 Å². The van der Waals surface area contributed by atoms with Crippen LogP contribution in [0, 0.1) is 3.57 Å². The van der Waals surface area contributed by atoms with Gasteiger partial charge in [-0.1, -0.05) is 0 Å². The number of carboxylic acid groups (broad SMARTS) is 1. The van der Waals surface area contributed by atoms with E-state index in [4.69, 9.17) is 9.84 Å². The van der Waals surface area contributed by atoms with Gasteiger partial charge in [0, 0.05) is 18.8 Å². The standard InChI is InChI=1S/C12H11IN2O3/c1-15-6-8(5-14-15)7-18-11-4-9(12(16)17)2-3-10(11)13/h2-6H,7H2,1H3,(H,16,17). The zero-order valence-electron chi connectivity index (χ0n) is 9.63. The van der Waals surface area contributed by atoms with Gasteiger partial charge in [-0.25, -0.2) is 4.79 Å². The molecule has 18 heavy (non-hydrogen) atoms. The maximum absolute atomic E-state index is 10.9. The highest BCUT2D eigenvalue weighted by Gasteiger charge is 2.08. The molecule has 6 heteroatoms. The fourth-order valence-electron chi connectivity index (χ4n) is 1.45. The van der Waals surface area contributed by atoms with E-state index in [0.29, 0.717) is 12.4 Å². The fraction of sp³-hybridized carbons (Fsp3) is 0.167. The van der Waals surface area contributed by atoms with Crippen molar-refractivity contribution in [2.45, 2.75) is 6.61 Å². The third-order valence-electron chi connectivity index (χ3n) is 2.33. The number of aromatic nitrogens is 2. The topological polar surface area (TPSA) is 64.3 Å². The molecular weight excluding hydrogens is 347 g/mol. The molecule has 2 rings (SSSR count). The van der Waals surface area contributed by atoms with E-state index >= 15 is 0 Å². The molecule has 0 saturated carbocycles. The summed E-state index contributed by atoms with van der Waals surface area (Å²) in [5.74, 6) is -0.392. The number of carboxylic acids is 1. The Morgan fingerprint density at radius 1 is 1.56 bits per heavy atom. The van der Waals surface area contributed by atoms with Crippen LogP contribution in [-0.2, 0) is 13.7 Å². The van der Waals surface area contributed by atoms with E-state index in [9.17, 15) is 4.79 Å². The van der Waals surface area contributed by atoms with Gasteiger partial charge in [-0.2, -0.15) is 5.10 Å². The molecule has 1 heterocycles. The molecule has 0 aliphatic carbocycles. The lowest BCUT2D eigenvalue weighted by Crippen LogP contribution is -2.00. The lowest BCUT2D eigenvalue weighted by molar-refractivity contribution is 0.0696. The second-order valence-electron chi connectivity index (χ2n) is 3.76. The lowest BCUT2D eigenvalue weighted by Gasteiger charge is -2.07. The van der Waals surface area contributed by atoms with Crippen molar-refractivity contribution in [3.63, 3.8) is 0 Å². The summed E-state index contributed by atoms with van der Waals surface area (Å²) in [5.41, 5.74) is 1.16. The second-order valence-corrected chi connectivity index (χ2v) is 4.92. The third-order valence-corrected chi connectivity index (χ3v) is 3.22. The quantitative estimate of drug-likeness (QED) is 0.852. The normalized spacial score (nSPS) is 10.3. The van der Waals surface area contributed by atoms with Gasteiger partial charge in [0.1, 0.15) is 12.4 Å². The van der Waals surface area contributed by atoms with Crippen LogP contribution in [0.4, 0.5) is 0 Å². The van der Waals surface area contributed by atoms with Crippen LogP contribution in [0.3, 0.4) is 0 Å². The minimum Gasteiger partial charge on any atom is -0.488 e. The van der Waals surface area contributed by atoms with Crippen molar-refractivity contribution < 1.29 is 14.6 Å². The minimum absolute atomic E-state index is 0.219. The molecule has 0 saturated heterocycles. The molecule has 5 nitrogen and oxygen atoms in total. The van der Waals surface area contributed by atoms with Crippen LogP contribution in [0.5, 0.6) is 5.75 Å². The van der Waals surface area contributed by atoms with Gasteiger partial charge in [0.25, 0.3) is 0 Å². The van der Waals surface area contributed by atoms with Crippen LogP contribution in [0.1, 0.15) is 15.9 Å². The Morgan fingerprint density at radius 2 is 2.33 bits per heavy atom. The summed E-state index contributed by atoms with van der Waals surface area (Å²) in [4.78, 5) is 10.9. The van der Waals surface area contributed by atoms with Gasteiger partial charge in [-0.3, -0.25) is 4.68 Å². The highest BCUT2D eigenvalue weighted by atomic mass is 127. The van der Waals surface area contributed by atoms with Crippen LogP contribution >= 0.6 is 22.6 Å². The number of nitrogens with zero attached hydrogens (tertiary/aromatic N) is 2. The average Bonchev–Trinajstić information content (AvgIpc) is 2.74. The van der Waals surface area contributed by atoms with Gasteiger partial charge in [0.15, 0.2) is 0 Å². The molecule has 0 spiro atoms. The predicted molar refractivity (Wildman–Crippen MR) is 73.7 cm³/mol. The molecule has 1 aromatic carbocycles. The molecule has 2 aromatic rings. The molecule has 1 N–H and O–H groups in total. The molecule has 0 amide bonds. The molecule has 0 bridgehead atoms. The van der Waals surface area contributed by atoms with E-state index < -0.39 is 5.97 Å². The Kier molecular flexibility index (Phi) is 3.85. The van der Waals surface area contributed by atoms with Crippen molar-refractivity contribution in [2.24, 2.45) is 7.05 Å². The van der Waals surface area contributed by atoms with Crippen LogP contribution in [-0.4, -0.2) is 20.9 Å². The van der Waals surface area contributed by atoms with Crippen LogP contribution in [0.15, 0.2) is 30.6 Å². The van der Waals surface area contributed by atoms with E-state index in [1.54, 1.807) is 23.0 Å². The van der Waals surface area contributed by atoms with Gasteiger partial charge >= 0.3 is 5.97 Å². The summed E-state index contributed by atoms with van der Waals surface area (Å²) < 4.78 is 8.17. The van der Waals surface area contributed by atoms with E-state index in [1.165, 1.54) is 6.07 Å². The monoisotopic (exact) mass is 358 g/mol. The lowest BCUT2D eigenvalue weighted by atomic mass is 10.2. The number of carbonyl (C=O) groups is 1. The van der Waals surface area contributed by atoms with Crippen molar-refractivity contribution >= 4 is 28.6 Å². The smallest absolute Gasteiger partial charge is 0.335 e. The maximum atomic E-state index is 10.9. The van der Waals surface area contributed by atoms with Crippen molar-refractivity contribution in [3.05, 3.63) is 45.3 Å². The largest absolute Gasteiger partial charge is 0.488 e. The maximum Gasteiger partial charge on any atom is 0.335 e. The second kappa shape index (κ2) is 5.38. The summed E-state index contributed by atoms with van der Waals surface area (Å²) in [6, 6.07) is 4.81. The van der Waals surface area contributed by atoms with Crippen molar-refractivity contribution in [3.8, 4) is 5.75 Å². The van der Waals surface area contributed by atoms with Crippen molar-refractivity contribution in [1.82, 2.24) is 9.78 Å². The molecule has 0 fully saturated rings. The first kappa shape index (κ1) is 12.9. The number of rotatable bonds is 4. The Bertz CT molecular complexity index is 580. The summed E-state index contributed by atoms with van der Waals surface area (Å²) >= 11 is 2.11. The highest BCUT2D eigenvalue weighted by molar-refractivity contribution is 14.1. The number of aryl methyl sites for hydroxylation is 1. The molecule has 0 radical (unpaired) electrons. The summed E-state index contributed by atoms with van der Waals surface area (Å²) in [6.45, 7) is 0.368. The number of benzene rings is 1. The van der Waals surface area contributed by atoms with Crippen molar-refractivity contribution in [1.29, 1.82) is 0 Å². The number of halogens is 1. The zero-order chi connectivity index (χ0) is 13.1. The number of hydrogen-bond acceptors (Lipinski definition) is 3. The van der Waals surface area contributed by atoms with E-state index in [0.717, 1.165) is 9.13 Å². The Balaban J connectivity index is 2.13. The molecular formula is C12H11IN2O3. The summed E-state index contributed by atoms with van der Waals surface area (Å²) in [7, 11) is 1.83. The SMILES string of the molecule is Cn1cc(COc2cc(C(=O)O)ccc2I)cn1. The predicted octanol–water partition coefficient (Wildman–Crippen LogP) is 2.30. The summed E-state index contributed by atoms with van der Waals surface area (Å²) in [6.07, 6.45) is 3.57. The van der Waals surface area contributed by atoms with Gasteiger partial charge in [-0.15, -0.1) is 0 Å². The molecule has 0 unspecified atom stereocenters. The van der Waals surface area contributed by atoms with Gasteiger partial charge in [0.05, 0.1) is 15.3 Å². The zero-order valence-corrected chi connectivity index (χ0v) is 11.8. The van der Waals surface area contributed by atoms with Crippen LogP contribution < -0.4 is 4.74 Å². The molecule has 94 valence electrons. The molecule has 0 aliphatic heterocycles. The third kappa shape index (κ3) is 3.00. The minimum atomic E-state index is -0.961. The Hall–Kier alpha value is -1.57. The van der Waals surface area contributed by atoms with Crippen LogP contribution in [0.2, 0.25) is 0 Å². The number of hydrogen-bond donors (Lipinski definition) is 1. The number of aromatic carboxylic acids is 1. The van der Waals surface area contributed by atoms with E-state index in [1.807, 2.05) is 13.2 Å². The molecule has 1 aromatic heterocycles. The summed E-state index contributed by atoms with van der Waals surface area (Å²) in [5, 5.41) is 13.0. The molecule has 0 atom stereocenters. The Labute approximate surface area is 118 Å². The first-order valence-electron chi connectivity index (χ1n) is 5.19. The van der Waals surface area contributed by atoms with E-state index in [2.05, 4.69) is 27.7 Å². The fourth-order valence-corrected chi connectivity index (χ4v) is 1.95. The first-order chi connectivity index (χ1) is 8.56.